The molecule has 2 atom stereocenters. The number of methoxy groups -OCH3 is 1. The molecule has 1 aliphatic heterocycles. The standard InChI is InChI=1S/C23H23FN2O2/c1-14(12-15(2)27)26-23(19-6-4-5-7-21(19)24)20-10-8-16-13-17(28-3)9-11-18(16)22(20)25-26/h4-7,9,11-13,20,23H,8,10H2,1-3H3/b14-12+. The van der Waals surface area contributed by atoms with Crippen molar-refractivity contribution >= 4 is 11.5 Å². The molecule has 2 aromatic carbocycles. The van der Waals surface area contributed by atoms with Crippen LogP contribution in [0.1, 0.15) is 43.0 Å². The highest BCUT2D eigenvalue weighted by Crippen LogP contribution is 2.45. The minimum atomic E-state index is -0.262. The van der Waals surface area contributed by atoms with Crippen molar-refractivity contribution in [2.24, 2.45) is 11.0 Å². The summed E-state index contributed by atoms with van der Waals surface area (Å²) in [4.78, 5) is 11.7. The first kappa shape index (κ1) is 18.4. The first-order valence-electron chi connectivity index (χ1n) is 9.48. The van der Waals surface area contributed by atoms with E-state index >= 15 is 0 Å². The average Bonchev–Trinajstić information content (AvgIpc) is 3.07. The van der Waals surface area contributed by atoms with E-state index in [1.807, 2.05) is 42.3 Å². The van der Waals surface area contributed by atoms with E-state index in [2.05, 4.69) is 0 Å². The van der Waals surface area contributed by atoms with Gasteiger partial charge in [-0.2, -0.15) is 5.10 Å². The van der Waals surface area contributed by atoms with E-state index in [0.717, 1.165) is 35.6 Å². The van der Waals surface area contributed by atoms with Crippen molar-refractivity contribution in [3.05, 3.63) is 76.7 Å². The van der Waals surface area contributed by atoms with Crippen LogP contribution in [-0.4, -0.2) is 23.6 Å². The van der Waals surface area contributed by atoms with E-state index in [0.29, 0.717) is 5.56 Å². The molecule has 0 amide bonds. The number of ketones is 1. The third-order valence-corrected chi connectivity index (χ3v) is 5.52. The summed E-state index contributed by atoms with van der Waals surface area (Å²) in [5.41, 5.74) is 4.55. The van der Waals surface area contributed by atoms with Gasteiger partial charge in [0.2, 0.25) is 0 Å². The normalized spacial score (nSPS) is 21.1. The van der Waals surface area contributed by atoms with Crippen molar-refractivity contribution in [1.82, 2.24) is 5.01 Å². The fraction of sp³-hybridized carbons (Fsp3) is 0.304. The Labute approximate surface area is 164 Å². The number of hydrazone groups is 1. The van der Waals surface area contributed by atoms with Crippen molar-refractivity contribution in [1.29, 1.82) is 0 Å². The van der Waals surface area contributed by atoms with Gasteiger partial charge in [-0.15, -0.1) is 0 Å². The number of aryl methyl sites for hydroxylation is 1. The highest BCUT2D eigenvalue weighted by Gasteiger charge is 2.43. The van der Waals surface area contributed by atoms with Crippen LogP contribution < -0.4 is 4.74 Å². The molecule has 0 radical (unpaired) electrons. The van der Waals surface area contributed by atoms with Gasteiger partial charge in [-0.25, -0.2) is 4.39 Å². The maximum absolute atomic E-state index is 14.7. The summed E-state index contributed by atoms with van der Waals surface area (Å²) in [6.07, 6.45) is 3.30. The van der Waals surface area contributed by atoms with Crippen LogP contribution in [0.25, 0.3) is 0 Å². The Morgan fingerprint density at radius 2 is 2.04 bits per heavy atom. The van der Waals surface area contributed by atoms with E-state index in [9.17, 15) is 9.18 Å². The summed E-state index contributed by atoms with van der Waals surface area (Å²) >= 11 is 0. The predicted octanol–water partition coefficient (Wildman–Crippen LogP) is 4.65. The molecule has 2 aromatic rings. The Hall–Kier alpha value is -2.95. The van der Waals surface area contributed by atoms with E-state index in [-0.39, 0.29) is 23.6 Å². The number of carbonyl (C=O) groups is 1. The first-order chi connectivity index (χ1) is 13.5. The summed E-state index contributed by atoms with van der Waals surface area (Å²) in [6.45, 7) is 3.37. The number of hydrogen-bond acceptors (Lipinski definition) is 4. The van der Waals surface area contributed by atoms with Crippen LogP contribution in [-0.2, 0) is 11.2 Å². The zero-order valence-electron chi connectivity index (χ0n) is 16.3. The lowest BCUT2D eigenvalue weighted by Gasteiger charge is -2.31. The van der Waals surface area contributed by atoms with Gasteiger partial charge in [-0.05, 0) is 56.5 Å². The molecule has 28 heavy (non-hydrogen) atoms. The number of rotatable bonds is 4. The van der Waals surface area contributed by atoms with Crippen molar-refractivity contribution in [3.8, 4) is 5.75 Å². The molecule has 0 aromatic heterocycles. The van der Waals surface area contributed by atoms with E-state index in [1.165, 1.54) is 18.6 Å². The summed E-state index contributed by atoms with van der Waals surface area (Å²) < 4.78 is 20.1. The molecule has 2 aliphatic rings. The average molecular weight is 378 g/mol. The van der Waals surface area contributed by atoms with Gasteiger partial charge in [0.1, 0.15) is 11.6 Å². The number of halogens is 1. The number of benzene rings is 2. The molecule has 0 N–H and O–H groups in total. The van der Waals surface area contributed by atoms with Gasteiger partial charge in [-0.1, -0.05) is 18.2 Å². The Balaban J connectivity index is 1.84. The zero-order valence-corrected chi connectivity index (χ0v) is 16.3. The predicted molar refractivity (Wildman–Crippen MR) is 107 cm³/mol. The summed E-state index contributed by atoms with van der Waals surface area (Å²) in [5.74, 6) is 0.592. The molecule has 0 bridgehead atoms. The van der Waals surface area contributed by atoms with E-state index < -0.39 is 0 Å². The quantitative estimate of drug-likeness (QED) is 0.727. The molecule has 0 spiro atoms. The van der Waals surface area contributed by atoms with E-state index in [4.69, 9.17) is 9.84 Å². The van der Waals surface area contributed by atoms with Gasteiger partial charge in [0.15, 0.2) is 5.78 Å². The third-order valence-electron chi connectivity index (χ3n) is 5.52. The number of hydrogen-bond donors (Lipinski definition) is 0. The Bertz CT molecular complexity index is 996. The largest absolute Gasteiger partial charge is 0.497 e. The number of ether oxygens (including phenoxy) is 1. The maximum atomic E-state index is 14.7. The second-order valence-electron chi connectivity index (χ2n) is 7.36. The molecule has 1 aliphatic carbocycles. The van der Waals surface area contributed by atoms with Crippen molar-refractivity contribution in [2.45, 2.75) is 32.7 Å². The first-order valence-corrected chi connectivity index (χ1v) is 9.48. The second-order valence-corrected chi connectivity index (χ2v) is 7.36. The van der Waals surface area contributed by atoms with Crippen molar-refractivity contribution in [3.63, 3.8) is 0 Å². The Morgan fingerprint density at radius 3 is 2.75 bits per heavy atom. The zero-order chi connectivity index (χ0) is 19.8. The van der Waals surface area contributed by atoms with Crippen LogP contribution in [0, 0.1) is 11.7 Å². The van der Waals surface area contributed by atoms with Crippen LogP contribution in [0.2, 0.25) is 0 Å². The lowest BCUT2D eigenvalue weighted by molar-refractivity contribution is -0.112. The van der Waals surface area contributed by atoms with Crippen LogP contribution in [0.3, 0.4) is 0 Å². The Kier molecular flexibility index (Phi) is 4.75. The number of allylic oxidation sites excluding steroid dienone is 2. The SMILES string of the molecule is COc1ccc2c(c1)CCC1C2=NN(/C(C)=C/C(C)=O)C1c1ccccc1F. The Morgan fingerprint density at radius 1 is 1.25 bits per heavy atom. The van der Waals surface area contributed by atoms with Crippen molar-refractivity contribution in [2.75, 3.05) is 7.11 Å². The minimum Gasteiger partial charge on any atom is -0.497 e. The summed E-state index contributed by atoms with van der Waals surface area (Å²) in [7, 11) is 1.66. The van der Waals surface area contributed by atoms with Gasteiger partial charge in [0.25, 0.3) is 0 Å². The molecule has 144 valence electrons. The van der Waals surface area contributed by atoms with Gasteiger partial charge >= 0.3 is 0 Å². The fourth-order valence-corrected chi connectivity index (χ4v) is 4.31. The smallest absolute Gasteiger partial charge is 0.154 e. The lowest BCUT2D eigenvalue weighted by atomic mass is 9.77. The van der Waals surface area contributed by atoms with Crippen LogP contribution in [0.5, 0.6) is 5.75 Å². The van der Waals surface area contributed by atoms with Crippen LogP contribution in [0.4, 0.5) is 4.39 Å². The molecular weight excluding hydrogens is 355 g/mol. The lowest BCUT2D eigenvalue weighted by Crippen LogP contribution is -2.29. The van der Waals surface area contributed by atoms with Crippen molar-refractivity contribution < 1.29 is 13.9 Å². The highest BCUT2D eigenvalue weighted by atomic mass is 19.1. The monoisotopic (exact) mass is 378 g/mol. The number of fused-ring (bicyclic) bond motifs is 3. The molecular formula is C23H23FN2O2. The van der Waals surface area contributed by atoms with Gasteiger partial charge in [-0.3, -0.25) is 9.80 Å². The number of nitrogens with zero attached hydrogens (tertiary/aromatic N) is 2. The van der Waals surface area contributed by atoms with Crippen LogP contribution >= 0.6 is 0 Å². The van der Waals surface area contributed by atoms with Gasteiger partial charge < -0.3 is 4.74 Å². The van der Waals surface area contributed by atoms with Gasteiger partial charge in [0.05, 0.1) is 18.9 Å². The third kappa shape index (κ3) is 3.11. The minimum absolute atomic E-state index is 0.0509. The molecule has 5 heteroatoms. The molecule has 4 rings (SSSR count). The van der Waals surface area contributed by atoms with Crippen LogP contribution in [0.15, 0.2) is 59.3 Å². The van der Waals surface area contributed by atoms with Gasteiger partial charge in [0, 0.05) is 28.8 Å². The summed E-state index contributed by atoms with van der Waals surface area (Å²) in [6, 6.07) is 12.6. The molecule has 0 fully saturated rings. The second kappa shape index (κ2) is 7.23. The molecule has 2 unspecified atom stereocenters. The molecule has 1 heterocycles. The summed E-state index contributed by atoms with van der Waals surface area (Å²) in [5, 5.41) is 6.70. The topological polar surface area (TPSA) is 41.9 Å². The number of carbonyl (C=O) groups excluding carboxylic acids is 1. The maximum Gasteiger partial charge on any atom is 0.154 e. The van der Waals surface area contributed by atoms with E-state index in [1.54, 1.807) is 19.3 Å². The molecule has 0 saturated heterocycles. The fourth-order valence-electron chi connectivity index (χ4n) is 4.31. The molecule has 0 saturated carbocycles. The molecule has 4 nitrogen and oxygen atoms in total. The highest BCUT2D eigenvalue weighted by molar-refractivity contribution is 6.06.